The van der Waals surface area contributed by atoms with Gasteiger partial charge in [0.05, 0.1) is 13.2 Å². The van der Waals surface area contributed by atoms with Crippen LogP contribution in [0.2, 0.25) is 0 Å². The average molecular weight is 241 g/mol. The van der Waals surface area contributed by atoms with E-state index in [1.54, 1.807) is 0 Å². The molecule has 2 fully saturated rings. The van der Waals surface area contributed by atoms with E-state index < -0.39 is 5.54 Å². The summed E-state index contributed by atoms with van der Waals surface area (Å²) in [5.74, 6) is -0.157. The molecule has 1 N–H and O–H groups in total. The molecular formula is C13H23NO3. The molecule has 1 aliphatic heterocycles. The van der Waals surface area contributed by atoms with Crippen LogP contribution < -0.4 is 5.32 Å². The quantitative estimate of drug-likeness (QED) is 0.741. The van der Waals surface area contributed by atoms with E-state index in [1.165, 1.54) is 7.11 Å². The van der Waals surface area contributed by atoms with Gasteiger partial charge in [-0.05, 0) is 38.0 Å². The Morgan fingerprint density at radius 1 is 1.59 bits per heavy atom. The van der Waals surface area contributed by atoms with Gasteiger partial charge in [-0.25, -0.2) is 0 Å². The van der Waals surface area contributed by atoms with Gasteiger partial charge in [-0.1, -0.05) is 6.92 Å². The van der Waals surface area contributed by atoms with E-state index >= 15 is 0 Å². The molecule has 1 aliphatic carbocycles. The summed E-state index contributed by atoms with van der Waals surface area (Å²) >= 11 is 0. The van der Waals surface area contributed by atoms with E-state index in [0.717, 1.165) is 38.8 Å². The summed E-state index contributed by atoms with van der Waals surface area (Å²) in [6.07, 6.45) is 4.62. The number of hydrogen-bond donors (Lipinski definition) is 1. The van der Waals surface area contributed by atoms with Crippen molar-refractivity contribution in [2.24, 2.45) is 5.41 Å². The molecule has 0 aromatic carbocycles. The van der Waals surface area contributed by atoms with Crippen molar-refractivity contribution in [1.82, 2.24) is 5.32 Å². The van der Waals surface area contributed by atoms with E-state index in [-0.39, 0.29) is 17.5 Å². The standard InChI is InChI=1S/C13H23NO3/c1-12(6-7-12)13(2,11(15)16-3)14-9-10-5-4-8-17-10/h10,14H,4-9H2,1-3H3. The first-order valence-electron chi connectivity index (χ1n) is 6.47. The van der Waals surface area contributed by atoms with Crippen LogP contribution in [0.5, 0.6) is 0 Å². The Kier molecular flexibility index (Phi) is 3.46. The summed E-state index contributed by atoms with van der Waals surface area (Å²) in [4.78, 5) is 12.0. The van der Waals surface area contributed by atoms with Gasteiger partial charge in [0.25, 0.3) is 0 Å². The molecule has 2 unspecified atom stereocenters. The van der Waals surface area contributed by atoms with Crippen LogP contribution in [0.3, 0.4) is 0 Å². The Morgan fingerprint density at radius 2 is 2.29 bits per heavy atom. The maximum atomic E-state index is 12.0. The molecule has 1 saturated heterocycles. The van der Waals surface area contributed by atoms with Crippen molar-refractivity contribution in [2.45, 2.75) is 51.2 Å². The molecule has 2 atom stereocenters. The first kappa shape index (κ1) is 12.8. The predicted molar refractivity (Wildman–Crippen MR) is 64.7 cm³/mol. The van der Waals surface area contributed by atoms with Crippen molar-refractivity contribution in [2.75, 3.05) is 20.3 Å². The average Bonchev–Trinajstić information content (AvgIpc) is 2.89. The zero-order chi connectivity index (χ0) is 12.5. The maximum Gasteiger partial charge on any atom is 0.326 e. The molecule has 0 bridgehead atoms. The molecule has 1 saturated carbocycles. The molecule has 2 rings (SSSR count). The number of carbonyl (C=O) groups excluding carboxylic acids is 1. The van der Waals surface area contributed by atoms with Gasteiger partial charge >= 0.3 is 5.97 Å². The summed E-state index contributed by atoms with van der Waals surface area (Å²) in [5.41, 5.74) is -0.535. The van der Waals surface area contributed by atoms with Crippen LogP contribution in [-0.4, -0.2) is 37.9 Å². The number of methoxy groups -OCH3 is 1. The molecule has 17 heavy (non-hydrogen) atoms. The van der Waals surface area contributed by atoms with Crippen LogP contribution >= 0.6 is 0 Å². The fourth-order valence-electron chi connectivity index (χ4n) is 2.55. The Hall–Kier alpha value is -0.610. The highest BCUT2D eigenvalue weighted by Gasteiger charge is 2.58. The maximum absolute atomic E-state index is 12.0. The molecule has 0 spiro atoms. The fraction of sp³-hybridized carbons (Fsp3) is 0.923. The topological polar surface area (TPSA) is 47.6 Å². The van der Waals surface area contributed by atoms with E-state index in [9.17, 15) is 4.79 Å². The van der Waals surface area contributed by atoms with Gasteiger partial charge in [0.2, 0.25) is 0 Å². The van der Waals surface area contributed by atoms with Gasteiger partial charge in [0.15, 0.2) is 0 Å². The molecule has 1 heterocycles. The second-order valence-corrected chi connectivity index (χ2v) is 5.69. The van der Waals surface area contributed by atoms with Crippen LogP contribution in [0, 0.1) is 5.41 Å². The normalized spacial score (nSPS) is 29.7. The molecular weight excluding hydrogens is 218 g/mol. The first-order chi connectivity index (χ1) is 8.02. The van der Waals surface area contributed by atoms with Crippen molar-refractivity contribution in [1.29, 1.82) is 0 Å². The zero-order valence-electron chi connectivity index (χ0n) is 11.0. The second kappa shape index (κ2) is 4.58. The van der Waals surface area contributed by atoms with Gasteiger partial charge in [-0.2, -0.15) is 0 Å². The van der Waals surface area contributed by atoms with Gasteiger partial charge in [-0.3, -0.25) is 10.1 Å². The monoisotopic (exact) mass is 241 g/mol. The van der Waals surface area contributed by atoms with E-state index in [2.05, 4.69) is 12.2 Å². The number of rotatable bonds is 5. The van der Waals surface area contributed by atoms with E-state index in [1.807, 2.05) is 6.92 Å². The number of esters is 1. The Labute approximate surface area is 103 Å². The van der Waals surface area contributed by atoms with Gasteiger partial charge in [0, 0.05) is 13.2 Å². The van der Waals surface area contributed by atoms with Crippen LogP contribution in [0.15, 0.2) is 0 Å². The number of ether oxygens (including phenoxy) is 2. The molecule has 98 valence electrons. The van der Waals surface area contributed by atoms with Crippen molar-refractivity contribution >= 4 is 5.97 Å². The second-order valence-electron chi connectivity index (χ2n) is 5.69. The highest BCUT2D eigenvalue weighted by Crippen LogP contribution is 2.54. The minimum absolute atomic E-state index is 0.0404. The zero-order valence-corrected chi connectivity index (χ0v) is 11.0. The van der Waals surface area contributed by atoms with Crippen molar-refractivity contribution in [3.05, 3.63) is 0 Å². The van der Waals surface area contributed by atoms with Crippen LogP contribution in [0.4, 0.5) is 0 Å². The Morgan fingerprint density at radius 3 is 2.76 bits per heavy atom. The highest BCUT2D eigenvalue weighted by molar-refractivity contribution is 5.82. The van der Waals surface area contributed by atoms with Crippen molar-refractivity contribution in [3.8, 4) is 0 Å². The van der Waals surface area contributed by atoms with Gasteiger partial charge < -0.3 is 9.47 Å². The largest absolute Gasteiger partial charge is 0.468 e. The molecule has 4 nitrogen and oxygen atoms in total. The highest BCUT2D eigenvalue weighted by atomic mass is 16.5. The lowest BCUT2D eigenvalue weighted by molar-refractivity contribution is -0.151. The van der Waals surface area contributed by atoms with Gasteiger partial charge in [0.1, 0.15) is 5.54 Å². The predicted octanol–water partition coefficient (Wildman–Crippen LogP) is 1.49. The third-order valence-electron chi connectivity index (χ3n) is 4.51. The lowest BCUT2D eigenvalue weighted by Crippen LogP contribution is -2.57. The minimum Gasteiger partial charge on any atom is -0.468 e. The van der Waals surface area contributed by atoms with Crippen LogP contribution in [0.25, 0.3) is 0 Å². The molecule has 0 aromatic heterocycles. The smallest absolute Gasteiger partial charge is 0.326 e. The summed E-state index contributed by atoms with van der Waals surface area (Å²) in [6.45, 7) is 5.69. The lowest BCUT2D eigenvalue weighted by atomic mass is 9.83. The first-order valence-corrected chi connectivity index (χ1v) is 6.47. The minimum atomic E-state index is -0.576. The van der Waals surface area contributed by atoms with Crippen LogP contribution in [-0.2, 0) is 14.3 Å². The Bertz CT molecular complexity index is 295. The summed E-state index contributed by atoms with van der Waals surface area (Å²) in [6, 6.07) is 0. The SMILES string of the molecule is COC(=O)C(C)(NCC1CCCO1)C1(C)CC1. The van der Waals surface area contributed by atoms with Crippen LogP contribution in [0.1, 0.15) is 39.5 Å². The lowest BCUT2D eigenvalue weighted by Gasteiger charge is -2.35. The van der Waals surface area contributed by atoms with E-state index in [0.29, 0.717) is 0 Å². The summed E-state index contributed by atoms with van der Waals surface area (Å²) < 4.78 is 10.5. The summed E-state index contributed by atoms with van der Waals surface area (Å²) in [5, 5.41) is 3.39. The molecule has 0 radical (unpaired) electrons. The number of nitrogens with one attached hydrogen (secondary N) is 1. The molecule has 4 heteroatoms. The molecule has 0 amide bonds. The molecule has 2 aliphatic rings. The van der Waals surface area contributed by atoms with Gasteiger partial charge in [-0.15, -0.1) is 0 Å². The van der Waals surface area contributed by atoms with E-state index in [4.69, 9.17) is 9.47 Å². The van der Waals surface area contributed by atoms with Crippen molar-refractivity contribution in [3.63, 3.8) is 0 Å². The number of carbonyl (C=O) groups is 1. The third kappa shape index (κ3) is 2.33. The van der Waals surface area contributed by atoms with Crippen molar-refractivity contribution < 1.29 is 14.3 Å². The number of hydrogen-bond acceptors (Lipinski definition) is 4. The third-order valence-corrected chi connectivity index (χ3v) is 4.51. The Balaban J connectivity index is 1.98. The summed E-state index contributed by atoms with van der Waals surface area (Å²) in [7, 11) is 1.46. The molecule has 0 aromatic rings. The fourth-order valence-corrected chi connectivity index (χ4v) is 2.55.